The zero-order valence-electron chi connectivity index (χ0n) is 17.9. The maximum atomic E-state index is 13.0. The van der Waals surface area contributed by atoms with Crippen LogP contribution in [-0.2, 0) is 19.8 Å². The van der Waals surface area contributed by atoms with E-state index in [9.17, 15) is 19.5 Å². The van der Waals surface area contributed by atoms with E-state index in [2.05, 4.69) is 5.32 Å². The van der Waals surface area contributed by atoms with Gasteiger partial charge in [0.25, 0.3) is 5.91 Å². The number of amides is 1. The number of hydrogen-bond donors (Lipinski definition) is 2. The topological polar surface area (TPSA) is 86.7 Å². The molecule has 1 aliphatic rings. The Kier molecular flexibility index (Phi) is 5.53. The first kappa shape index (κ1) is 21.3. The molecule has 1 amide bonds. The summed E-state index contributed by atoms with van der Waals surface area (Å²) in [6.45, 7) is 4.59. The molecule has 3 rings (SSSR count). The quantitative estimate of drug-likeness (QED) is 0.745. The van der Waals surface area contributed by atoms with Crippen LogP contribution in [0.25, 0.3) is 16.9 Å². The molecule has 0 saturated carbocycles. The van der Waals surface area contributed by atoms with Gasteiger partial charge in [-0.3, -0.25) is 14.4 Å². The third kappa shape index (κ3) is 3.73. The number of anilines is 1. The van der Waals surface area contributed by atoms with Gasteiger partial charge in [-0.2, -0.15) is 0 Å². The van der Waals surface area contributed by atoms with Gasteiger partial charge in [0.2, 0.25) is 0 Å². The second-order valence-corrected chi connectivity index (χ2v) is 8.26. The number of Topliss-reactive ketones (excluding diaryl/α,β-unsaturated/α-hetero) is 2. The molecular weight excluding hydrogens is 380 g/mol. The molecule has 6 heteroatoms. The van der Waals surface area contributed by atoms with Crippen molar-refractivity contribution in [1.82, 2.24) is 5.32 Å². The molecule has 0 radical (unpaired) electrons. The fourth-order valence-electron chi connectivity index (χ4n) is 3.60. The van der Waals surface area contributed by atoms with Crippen molar-refractivity contribution in [2.75, 3.05) is 25.5 Å². The van der Waals surface area contributed by atoms with Crippen molar-refractivity contribution in [2.24, 2.45) is 0 Å². The number of carbonyl (C=O) groups is 3. The van der Waals surface area contributed by atoms with Crippen LogP contribution in [-0.4, -0.2) is 43.2 Å². The van der Waals surface area contributed by atoms with Crippen molar-refractivity contribution in [3.63, 3.8) is 0 Å². The smallest absolute Gasteiger partial charge is 0.259 e. The van der Waals surface area contributed by atoms with Gasteiger partial charge in [-0.15, -0.1) is 0 Å². The van der Waals surface area contributed by atoms with E-state index in [-0.39, 0.29) is 23.7 Å². The molecule has 0 spiro atoms. The summed E-state index contributed by atoms with van der Waals surface area (Å²) in [4.78, 5) is 38.8. The maximum Gasteiger partial charge on any atom is 0.259 e. The molecule has 30 heavy (non-hydrogen) atoms. The van der Waals surface area contributed by atoms with Crippen LogP contribution in [0.4, 0.5) is 5.69 Å². The number of ketones is 2. The van der Waals surface area contributed by atoms with E-state index < -0.39 is 17.1 Å². The average Bonchev–Trinajstić information content (AvgIpc) is 2.71. The maximum absolute atomic E-state index is 13.0. The Morgan fingerprint density at radius 1 is 1.03 bits per heavy atom. The average molecular weight is 406 g/mol. The molecule has 0 fully saturated rings. The number of benzene rings is 2. The monoisotopic (exact) mass is 406 g/mol. The first-order valence-corrected chi connectivity index (χ1v) is 9.72. The Hall–Kier alpha value is -3.41. The molecule has 1 aliphatic carbocycles. The molecule has 2 aromatic rings. The van der Waals surface area contributed by atoms with Crippen molar-refractivity contribution in [3.8, 4) is 11.1 Å². The Labute approximate surface area is 176 Å². The molecule has 0 aromatic heterocycles. The first-order chi connectivity index (χ1) is 14.0. The minimum atomic E-state index is -0.988. The predicted molar refractivity (Wildman–Crippen MR) is 117 cm³/mol. The highest BCUT2D eigenvalue weighted by atomic mass is 16.3. The molecule has 0 heterocycles. The second kappa shape index (κ2) is 7.78. The zero-order valence-corrected chi connectivity index (χ0v) is 17.9. The molecule has 156 valence electrons. The first-order valence-electron chi connectivity index (χ1n) is 9.72. The number of carbonyl (C=O) groups excluding carboxylic acids is 3. The number of aliphatic hydroxyl groups excluding tert-OH is 1. The van der Waals surface area contributed by atoms with E-state index in [0.717, 1.165) is 16.8 Å². The summed E-state index contributed by atoms with van der Waals surface area (Å²) in [5.41, 5.74) is 2.68. The van der Waals surface area contributed by atoms with Gasteiger partial charge in [-0.1, -0.05) is 24.3 Å². The van der Waals surface area contributed by atoms with Gasteiger partial charge in [0.1, 0.15) is 17.1 Å². The molecular formula is C24H26N2O4. The van der Waals surface area contributed by atoms with Crippen molar-refractivity contribution < 1.29 is 19.5 Å². The van der Waals surface area contributed by atoms with E-state index in [1.807, 2.05) is 55.4 Å². The van der Waals surface area contributed by atoms with E-state index in [4.69, 9.17) is 0 Å². The van der Waals surface area contributed by atoms with E-state index in [1.54, 1.807) is 19.9 Å². The summed E-state index contributed by atoms with van der Waals surface area (Å²) in [6.07, 6.45) is 0. The normalized spacial score (nSPS) is 14.9. The van der Waals surface area contributed by atoms with E-state index >= 15 is 0 Å². The fraction of sp³-hybridized carbons (Fsp3) is 0.292. The number of fused-ring (bicyclic) bond motifs is 1. The third-order valence-electron chi connectivity index (χ3n) is 5.42. The lowest BCUT2D eigenvalue weighted by Crippen LogP contribution is -2.42. The molecule has 0 atom stereocenters. The Balaban J connectivity index is 2.09. The van der Waals surface area contributed by atoms with Gasteiger partial charge in [0, 0.05) is 25.3 Å². The number of rotatable bonds is 5. The predicted octanol–water partition coefficient (Wildman–Crippen LogP) is 3.25. The summed E-state index contributed by atoms with van der Waals surface area (Å²) in [6, 6.07) is 13.5. The van der Waals surface area contributed by atoms with Gasteiger partial charge in [0.15, 0.2) is 5.78 Å². The lowest BCUT2D eigenvalue weighted by molar-refractivity contribution is -0.126. The number of nitrogens with zero attached hydrogens (tertiary/aromatic N) is 1. The molecule has 0 saturated heterocycles. The molecule has 0 bridgehead atoms. The van der Waals surface area contributed by atoms with E-state index in [1.165, 1.54) is 6.92 Å². The summed E-state index contributed by atoms with van der Waals surface area (Å²) in [7, 11) is 3.93. The van der Waals surface area contributed by atoms with E-state index in [0.29, 0.717) is 11.1 Å². The largest absolute Gasteiger partial charge is 0.506 e. The summed E-state index contributed by atoms with van der Waals surface area (Å²) < 4.78 is 0. The Morgan fingerprint density at radius 2 is 1.63 bits per heavy atom. The number of aliphatic hydroxyl groups is 1. The summed E-state index contributed by atoms with van der Waals surface area (Å²) in [5.74, 6) is -1.82. The fourth-order valence-corrected chi connectivity index (χ4v) is 3.60. The van der Waals surface area contributed by atoms with Gasteiger partial charge >= 0.3 is 0 Å². The van der Waals surface area contributed by atoms with Crippen LogP contribution in [0.2, 0.25) is 0 Å². The van der Waals surface area contributed by atoms with Crippen LogP contribution in [0, 0.1) is 0 Å². The van der Waals surface area contributed by atoms with Gasteiger partial charge in [0.05, 0.1) is 12.0 Å². The lowest BCUT2D eigenvalue weighted by atomic mass is 9.70. The minimum Gasteiger partial charge on any atom is -0.506 e. The Morgan fingerprint density at radius 3 is 2.20 bits per heavy atom. The minimum absolute atomic E-state index is 0.200. The van der Waals surface area contributed by atoms with Crippen LogP contribution >= 0.6 is 0 Å². The lowest BCUT2D eigenvalue weighted by Gasteiger charge is -2.32. The van der Waals surface area contributed by atoms with Gasteiger partial charge in [-0.25, -0.2) is 0 Å². The van der Waals surface area contributed by atoms with Gasteiger partial charge in [-0.05, 0) is 55.7 Å². The van der Waals surface area contributed by atoms with Gasteiger partial charge < -0.3 is 15.3 Å². The van der Waals surface area contributed by atoms with Crippen LogP contribution in [0.3, 0.4) is 0 Å². The van der Waals surface area contributed by atoms with Crippen LogP contribution < -0.4 is 10.2 Å². The van der Waals surface area contributed by atoms with Crippen molar-refractivity contribution in [1.29, 1.82) is 0 Å². The highest BCUT2D eigenvalue weighted by Crippen LogP contribution is 2.41. The molecule has 6 nitrogen and oxygen atoms in total. The summed E-state index contributed by atoms with van der Waals surface area (Å²) >= 11 is 0. The SMILES string of the molecule is CC(=O)CNC(=O)C1=C(O)c2cc(-c3ccc(N(C)C)cc3)ccc2C(C)(C)C1=O. The molecule has 0 unspecified atom stereocenters. The second-order valence-electron chi connectivity index (χ2n) is 8.26. The highest BCUT2D eigenvalue weighted by Gasteiger charge is 2.43. The summed E-state index contributed by atoms with van der Waals surface area (Å²) in [5, 5.41) is 13.3. The standard InChI is InChI=1S/C24H26N2O4/c1-14(27)13-25-23(30)20-21(28)18-12-16(8-11-19(18)24(2,3)22(20)29)15-6-9-17(10-7-15)26(4)5/h6-12,28H,13H2,1-5H3,(H,25,30). The molecule has 2 aromatic carbocycles. The van der Waals surface area contributed by atoms with Crippen molar-refractivity contribution in [3.05, 3.63) is 59.2 Å². The third-order valence-corrected chi connectivity index (χ3v) is 5.42. The van der Waals surface area contributed by atoms with Crippen molar-refractivity contribution in [2.45, 2.75) is 26.2 Å². The molecule has 0 aliphatic heterocycles. The van der Waals surface area contributed by atoms with Crippen LogP contribution in [0.1, 0.15) is 31.9 Å². The molecule has 2 N–H and O–H groups in total. The van der Waals surface area contributed by atoms with Crippen LogP contribution in [0.15, 0.2) is 48.0 Å². The number of nitrogens with one attached hydrogen (secondary N) is 1. The van der Waals surface area contributed by atoms with Crippen molar-refractivity contribution >= 4 is 28.9 Å². The zero-order chi connectivity index (χ0) is 22.2. The Bertz CT molecular complexity index is 1060. The van der Waals surface area contributed by atoms with Crippen LogP contribution in [0.5, 0.6) is 0 Å². The number of hydrogen-bond acceptors (Lipinski definition) is 5. The highest BCUT2D eigenvalue weighted by molar-refractivity contribution is 6.28.